The first-order chi connectivity index (χ1) is 18.9. The van der Waals surface area contributed by atoms with Gasteiger partial charge in [-0.15, -0.1) is 5.10 Å². The topological polar surface area (TPSA) is 144 Å². The van der Waals surface area contributed by atoms with Crippen LogP contribution in [-0.2, 0) is 14.3 Å². The Balaban J connectivity index is 1.31. The van der Waals surface area contributed by atoms with Gasteiger partial charge in [0, 0.05) is 22.3 Å². The highest BCUT2D eigenvalue weighted by Gasteiger charge is 2.87. The minimum Gasteiger partial charge on any atom is -0.456 e. The molecular weight excluding hydrogens is 538 g/mol. The summed E-state index contributed by atoms with van der Waals surface area (Å²) in [5.41, 5.74) is -2.46. The average molecular weight is 570 g/mol. The Morgan fingerprint density at radius 1 is 1.20 bits per heavy atom. The van der Waals surface area contributed by atoms with Gasteiger partial charge in [0.2, 0.25) is 5.79 Å². The Kier molecular flexibility index (Phi) is 5.40. The largest absolute Gasteiger partial charge is 0.456 e. The number of esters is 1. The van der Waals surface area contributed by atoms with Crippen molar-refractivity contribution in [3.05, 3.63) is 53.3 Å². The van der Waals surface area contributed by atoms with Crippen molar-refractivity contribution in [2.75, 3.05) is 6.61 Å². The predicted molar refractivity (Wildman–Crippen MR) is 140 cm³/mol. The maximum Gasteiger partial charge on any atom is 0.360 e. The van der Waals surface area contributed by atoms with Gasteiger partial charge in [-0.3, -0.25) is 4.79 Å². The molecule has 9 atom stereocenters. The highest BCUT2D eigenvalue weighted by atomic mass is 35.5. The van der Waals surface area contributed by atoms with Gasteiger partial charge in [-0.25, -0.2) is 9.48 Å². The van der Waals surface area contributed by atoms with Gasteiger partial charge in [0.25, 0.3) is 0 Å². The molecule has 2 saturated heterocycles. The Hall–Kier alpha value is -2.63. The Labute approximate surface area is 235 Å². The second kappa shape index (κ2) is 8.23. The summed E-state index contributed by atoms with van der Waals surface area (Å²) in [6.45, 7) is 8.09. The summed E-state index contributed by atoms with van der Waals surface area (Å²) < 4.78 is 13.5. The van der Waals surface area contributed by atoms with Crippen molar-refractivity contribution in [3.8, 4) is 5.69 Å². The molecule has 6 aliphatic rings. The normalized spacial score (nSPS) is 42.9. The van der Waals surface area contributed by atoms with Crippen molar-refractivity contribution in [1.29, 1.82) is 0 Å². The van der Waals surface area contributed by atoms with Crippen LogP contribution >= 0.6 is 11.6 Å². The molecule has 1 aromatic heterocycles. The third-order valence-electron chi connectivity index (χ3n) is 10.9. The van der Waals surface area contributed by atoms with Crippen LogP contribution in [0.15, 0.2) is 42.6 Å². The lowest BCUT2D eigenvalue weighted by molar-refractivity contribution is -0.457. The summed E-state index contributed by atoms with van der Waals surface area (Å²) in [6.07, 6.45) is 0.0217. The molecule has 4 saturated carbocycles. The number of ether oxygens (including phenoxy) is 2. The molecule has 2 aromatic rings. The summed E-state index contributed by atoms with van der Waals surface area (Å²) in [4.78, 5) is 27.7. The van der Waals surface area contributed by atoms with E-state index in [1.165, 1.54) is 10.9 Å². The molecule has 10 nitrogen and oxygen atoms in total. The highest BCUT2D eigenvalue weighted by Crippen LogP contribution is 2.76. The number of hydrogen-bond acceptors (Lipinski definition) is 9. The molecule has 0 unspecified atom stereocenters. The van der Waals surface area contributed by atoms with E-state index in [9.17, 15) is 24.9 Å². The molecule has 1 aromatic carbocycles. The minimum atomic E-state index is -2.32. The van der Waals surface area contributed by atoms with Crippen LogP contribution in [0.5, 0.6) is 0 Å². The number of benzene rings is 1. The minimum absolute atomic E-state index is 0.00273. The standard InChI is InChI=1S/C29H32ClN3O7/c1-14-17-8-9-19-27-13-39-29(38,23(36)21(27)26(2,3)11-10-20(27)34)28(19,22(14)35)24(17)40-25(37)18-12-33(32-31-18)16-6-4-15(30)5-7-16/h4-7,12,17,19-21,23-24,34,36,38H,1,8-11,13H2,2-3H3/t17-,19-,20-,21+,23-,24+,27+,28-,29+/m0/s1. The van der Waals surface area contributed by atoms with E-state index >= 15 is 0 Å². The molecule has 2 aliphatic heterocycles. The van der Waals surface area contributed by atoms with E-state index in [2.05, 4.69) is 16.9 Å². The van der Waals surface area contributed by atoms with Crippen molar-refractivity contribution >= 4 is 23.4 Å². The maximum atomic E-state index is 14.2. The van der Waals surface area contributed by atoms with Crippen LogP contribution in [-0.4, -0.2) is 72.8 Å². The molecular formula is C29H32ClN3O7. The van der Waals surface area contributed by atoms with Crippen LogP contribution < -0.4 is 0 Å². The summed E-state index contributed by atoms with van der Waals surface area (Å²) in [5, 5.41) is 44.2. The number of aromatic nitrogens is 3. The van der Waals surface area contributed by atoms with Crippen molar-refractivity contribution < 1.29 is 34.4 Å². The van der Waals surface area contributed by atoms with Gasteiger partial charge in [0.1, 0.15) is 17.6 Å². The molecule has 212 valence electrons. The first-order valence-electron chi connectivity index (χ1n) is 13.7. The van der Waals surface area contributed by atoms with Crippen molar-refractivity contribution in [3.63, 3.8) is 0 Å². The molecule has 3 heterocycles. The van der Waals surface area contributed by atoms with Gasteiger partial charge in [-0.2, -0.15) is 0 Å². The number of fused-ring (bicyclic) bond motifs is 2. The third-order valence-corrected chi connectivity index (χ3v) is 11.1. The van der Waals surface area contributed by atoms with Crippen LogP contribution in [0.25, 0.3) is 5.69 Å². The number of halogens is 1. The quantitative estimate of drug-likeness (QED) is 0.375. The third kappa shape index (κ3) is 2.93. The van der Waals surface area contributed by atoms with Crippen molar-refractivity contribution in [1.82, 2.24) is 15.0 Å². The van der Waals surface area contributed by atoms with Crippen LogP contribution in [0, 0.1) is 34.0 Å². The summed E-state index contributed by atoms with van der Waals surface area (Å²) in [5.74, 6) is -5.30. The van der Waals surface area contributed by atoms with Gasteiger partial charge < -0.3 is 24.8 Å². The first kappa shape index (κ1) is 26.3. The fraction of sp³-hybridized carbons (Fsp3) is 0.586. The number of nitrogens with zero attached hydrogens (tertiary/aromatic N) is 3. The molecule has 0 amide bonds. The number of hydrogen-bond donors (Lipinski definition) is 3. The molecule has 11 heteroatoms. The van der Waals surface area contributed by atoms with Crippen molar-refractivity contribution in [2.24, 2.45) is 34.0 Å². The zero-order valence-electron chi connectivity index (χ0n) is 22.3. The molecule has 6 fully saturated rings. The lowest BCUT2D eigenvalue weighted by Crippen LogP contribution is -2.85. The first-order valence-corrected chi connectivity index (χ1v) is 14.1. The summed E-state index contributed by atoms with van der Waals surface area (Å²) in [6, 6.07) is 6.81. The Bertz CT molecular complexity index is 1440. The predicted octanol–water partition coefficient (Wildman–Crippen LogP) is 2.47. The summed E-state index contributed by atoms with van der Waals surface area (Å²) >= 11 is 5.97. The van der Waals surface area contributed by atoms with E-state index in [0.29, 0.717) is 36.4 Å². The lowest BCUT2D eigenvalue weighted by atomic mass is 9.35. The zero-order valence-corrected chi connectivity index (χ0v) is 23.0. The average Bonchev–Trinajstić information content (AvgIpc) is 3.45. The zero-order chi connectivity index (χ0) is 28.4. The van der Waals surface area contributed by atoms with Crippen LogP contribution in [0.2, 0.25) is 5.02 Å². The number of aliphatic hydroxyl groups is 3. The van der Waals surface area contributed by atoms with Crippen LogP contribution in [0.1, 0.15) is 50.0 Å². The smallest absolute Gasteiger partial charge is 0.360 e. The van der Waals surface area contributed by atoms with Crippen molar-refractivity contribution in [2.45, 2.75) is 63.6 Å². The van der Waals surface area contributed by atoms with Crippen LogP contribution in [0.4, 0.5) is 0 Å². The molecule has 8 rings (SSSR count). The van der Waals surface area contributed by atoms with E-state index in [4.69, 9.17) is 21.1 Å². The number of rotatable bonds is 3. The fourth-order valence-electron chi connectivity index (χ4n) is 9.29. The highest BCUT2D eigenvalue weighted by molar-refractivity contribution is 6.30. The monoisotopic (exact) mass is 569 g/mol. The van der Waals surface area contributed by atoms with E-state index < -0.39 is 69.9 Å². The van der Waals surface area contributed by atoms with E-state index in [1.807, 2.05) is 13.8 Å². The number of aliphatic hydroxyl groups excluding tert-OH is 2. The molecule has 4 aliphatic carbocycles. The van der Waals surface area contributed by atoms with Gasteiger partial charge in [0.05, 0.1) is 24.6 Å². The van der Waals surface area contributed by atoms with Crippen LogP contribution in [0.3, 0.4) is 0 Å². The second-order valence-corrected chi connectivity index (χ2v) is 13.3. The van der Waals surface area contributed by atoms with Gasteiger partial charge >= 0.3 is 5.97 Å². The fourth-order valence-corrected chi connectivity index (χ4v) is 9.42. The summed E-state index contributed by atoms with van der Waals surface area (Å²) in [7, 11) is 0. The molecule has 0 radical (unpaired) electrons. The number of Topliss-reactive ketones (excluding diaryl/α,β-unsaturated/α-hetero) is 1. The maximum absolute atomic E-state index is 14.2. The SMILES string of the molecule is C=C1C(=O)[C@]23[C@H](OC(=O)c4cn(-c5ccc(Cl)cc5)nn4)[C@H]1CC[C@H]2[C@@]12CO[C@]3(O)[C@@H](O)[C@@H]1C(C)(C)CC[C@@H]2O. The lowest BCUT2D eigenvalue weighted by Gasteiger charge is -2.74. The van der Waals surface area contributed by atoms with Gasteiger partial charge in [-0.05, 0) is 66.9 Å². The Morgan fingerprint density at radius 3 is 2.65 bits per heavy atom. The molecule has 4 bridgehead atoms. The number of carbonyl (C=O) groups is 2. The second-order valence-electron chi connectivity index (χ2n) is 12.9. The number of carbonyl (C=O) groups excluding carboxylic acids is 2. The van der Waals surface area contributed by atoms with Gasteiger partial charge in [0.15, 0.2) is 11.5 Å². The van der Waals surface area contributed by atoms with E-state index in [1.54, 1.807) is 24.3 Å². The van der Waals surface area contributed by atoms with E-state index in [-0.39, 0.29) is 17.9 Å². The Morgan fingerprint density at radius 2 is 1.93 bits per heavy atom. The van der Waals surface area contributed by atoms with Gasteiger partial charge in [-0.1, -0.05) is 37.2 Å². The number of ketones is 1. The molecule has 3 N–H and O–H groups in total. The molecule has 40 heavy (non-hydrogen) atoms. The molecule has 2 spiro atoms. The van der Waals surface area contributed by atoms with E-state index in [0.717, 1.165) is 0 Å².